The molecule has 0 fully saturated rings. The Hall–Kier alpha value is -2.80. The Labute approximate surface area is 149 Å². The molecule has 6 nitrogen and oxygen atoms in total. The van der Waals surface area contributed by atoms with Gasteiger partial charge in [0.05, 0.1) is 12.2 Å². The van der Waals surface area contributed by atoms with Crippen LogP contribution in [0, 0.1) is 6.92 Å². The molecule has 0 radical (unpaired) electrons. The standard InChI is InChI=1S/C18H19N3O3S/c1-11-4-2-3-5-12(11)6-7-15(22)20-17-16(19)13-8-9-21(18(23)24)10-14(13)25-17/h2-7H,8-10,19H2,1H3,(H,20,22)(H,23,24)/b7-6+. The first-order valence-electron chi connectivity index (χ1n) is 7.88. The first-order chi connectivity index (χ1) is 12.0. The van der Waals surface area contributed by atoms with Gasteiger partial charge in [0.2, 0.25) is 5.91 Å². The number of fused-ring (bicyclic) bond motifs is 1. The molecule has 0 atom stereocenters. The zero-order valence-corrected chi connectivity index (χ0v) is 14.6. The molecule has 0 bridgehead atoms. The van der Waals surface area contributed by atoms with E-state index in [-0.39, 0.29) is 5.91 Å². The normalized spacial score (nSPS) is 13.7. The molecule has 3 rings (SSSR count). The summed E-state index contributed by atoms with van der Waals surface area (Å²) in [4.78, 5) is 25.5. The maximum atomic E-state index is 12.2. The first kappa shape index (κ1) is 17.0. The first-order valence-corrected chi connectivity index (χ1v) is 8.70. The third-order valence-corrected chi connectivity index (χ3v) is 5.36. The van der Waals surface area contributed by atoms with Crippen molar-refractivity contribution in [1.29, 1.82) is 0 Å². The fraction of sp³-hybridized carbons (Fsp3) is 0.222. The second-order valence-electron chi connectivity index (χ2n) is 5.88. The molecule has 2 heterocycles. The van der Waals surface area contributed by atoms with Crippen LogP contribution in [0.3, 0.4) is 0 Å². The van der Waals surface area contributed by atoms with Gasteiger partial charge in [0.25, 0.3) is 0 Å². The number of carboxylic acid groups (broad SMARTS) is 1. The van der Waals surface area contributed by atoms with Crippen molar-refractivity contribution in [1.82, 2.24) is 4.90 Å². The number of amides is 2. The maximum Gasteiger partial charge on any atom is 0.407 e. The number of nitrogens with two attached hydrogens (primary N) is 1. The highest BCUT2D eigenvalue weighted by atomic mass is 32.1. The van der Waals surface area contributed by atoms with Gasteiger partial charge in [-0.15, -0.1) is 11.3 Å². The number of hydrogen-bond acceptors (Lipinski definition) is 4. The van der Waals surface area contributed by atoms with Crippen molar-refractivity contribution in [3.63, 3.8) is 0 Å². The van der Waals surface area contributed by atoms with Crippen molar-refractivity contribution in [2.45, 2.75) is 19.9 Å². The van der Waals surface area contributed by atoms with Crippen LogP contribution in [-0.2, 0) is 17.8 Å². The zero-order valence-electron chi connectivity index (χ0n) is 13.8. The number of anilines is 2. The smallest absolute Gasteiger partial charge is 0.407 e. The Morgan fingerprint density at radius 1 is 1.36 bits per heavy atom. The summed E-state index contributed by atoms with van der Waals surface area (Å²) in [5.74, 6) is -0.261. The van der Waals surface area contributed by atoms with E-state index in [1.165, 1.54) is 22.3 Å². The fourth-order valence-electron chi connectivity index (χ4n) is 2.78. The minimum Gasteiger partial charge on any atom is -0.465 e. The van der Waals surface area contributed by atoms with E-state index >= 15 is 0 Å². The summed E-state index contributed by atoms with van der Waals surface area (Å²) in [5, 5.41) is 12.5. The Morgan fingerprint density at radius 3 is 2.84 bits per heavy atom. The molecule has 0 saturated heterocycles. The van der Waals surface area contributed by atoms with Gasteiger partial charge in [0.1, 0.15) is 5.00 Å². The number of carbonyl (C=O) groups excluding carboxylic acids is 1. The minimum absolute atomic E-state index is 0.261. The zero-order chi connectivity index (χ0) is 18.0. The molecule has 0 spiro atoms. The van der Waals surface area contributed by atoms with Gasteiger partial charge in [0, 0.05) is 17.5 Å². The van der Waals surface area contributed by atoms with E-state index in [0.29, 0.717) is 30.2 Å². The lowest BCUT2D eigenvalue weighted by Gasteiger charge is -2.23. The second-order valence-corrected chi connectivity index (χ2v) is 6.99. The van der Waals surface area contributed by atoms with E-state index in [1.54, 1.807) is 6.08 Å². The van der Waals surface area contributed by atoms with Crippen molar-refractivity contribution in [2.24, 2.45) is 0 Å². The summed E-state index contributed by atoms with van der Waals surface area (Å²) >= 11 is 1.34. The summed E-state index contributed by atoms with van der Waals surface area (Å²) in [5.41, 5.74) is 9.69. The third-order valence-electron chi connectivity index (χ3n) is 4.21. The van der Waals surface area contributed by atoms with Crippen molar-refractivity contribution in [3.05, 3.63) is 51.9 Å². The SMILES string of the molecule is Cc1ccccc1/C=C/C(=O)Nc1sc2c(c1N)CCN(C(=O)O)C2. The lowest BCUT2D eigenvalue weighted by molar-refractivity contribution is -0.111. The molecule has 130 valence electrons. The molecule has 7 heteroatoms. The van der Waals surface area contributed by atoms with Crippen LogP contribution in [0.25, 0.3) is 6.08 Å². The predicted octanol–water partition coefficient (Wildman–Crippen LogP) is 3.33. The Balaban J connectivity index is 1.72. The van der Waals surface area contributed by atoms with Gasteiger partial charge in [-0.3, -0.25) is 4.79 Å². The number of nitrogens with one attached hydrogen (secondary N) is 1. The number of hydrogen-bond donors (Lipinski definition) is 3. The molecule has 1 aromatic heterocycles. The minimum atomic E-state index is -0.940. The van der Waals surface area contributed by atoms with E-state index in [0.717, 1.165) is 21.6 Å². The number of aryl methyl sites for hydroxylation is 1. The molecule has 0 saturated carbocycles. The number of thiophene rings is 1. The van der Waals surface area contributed by atoms with E-state index in [9.17, 15) is 9.59 Å². The Bertz CT molecular complexity index is 857. The lowest BCUT2D eigenvalue weighted by Crippen LogP contribution is -2.34. The maximum absolute atomic E-state index is 12.2. The van der Waals surface area contributed by atoms with Crippen LogP contribution < -0.4 is 11.1 Å². The van der Waals surface area contributed by atoms with Gasteiger partial charge >= 0.3 is 6.09 Å². The van der Waals surface area contributed by atoms with Gasteiger partial charge < -0.3 is 21.1 Å². The van der Waals surface area contributed by atoms with Gasteiger partial charge in [-0.2, -0.15) is 0 Å². The molecular weight excluding hydrogens is 338 g/mol. The van der Waals surface area contributed by atoms with Crippen LogP contribution in [0.5, 0.6) is 0 Å². The molecular formula is C18H19N3O3S. The lowest BCUT2D eigenvalue weighted by atomic mass is 10.1. The number of rotatable bonds is 3. The molecule has 1 aromatic carbocycles. The van der Waals surface area contributed by atoms with Crippen LogP contribution in [0.15, 0.2) is 30.3 Å². The quantitative estimate of drug-likeness (QED) is 0.734. The molecule has 2 aromatic rings. The molecule has 0 unspecified atom stereocenters. The number of nitrogen functional groups attached to an aromatic ring is 1. The van der Waals surface area contributed by atoms with E-state index in [1.807, 2.05) is 31.2 Å². The van der Waals surface area contributed by atoms with E-state index in [2.05, 4.69) is 5.32 Å². The molecule has 4 N–H and O–H groups in total. The highest BCUT2D eigenvalue weighted by molar-refractivity contribution is 7.17. The van der Waals surface area contributed by atoms with Crippen LogP contribution in [0.1, 0.15) is 21.6 Å². The van der Waals surface area contributed by atoms with Crippen molar-refractivity contribution < 1.29 is 14.7 Å². The predicted molar refractivity (Wildman–Crippen MR) is 99.7 cm³/mol. The average Bonchev–Trinajstić information content (AvgIpc) is 2.89. The Kier molecular flexibility index (Phi) is 4.76. The van der Waals surface area contributed by atoms with E-state index in [4.69, 9.17) is 10.8 Å². The van der Waals surface area contributed by atoms with Gasteiger partial charge in [-0.05, 0) is 36.1 Å². The summed E-state index contributed by atoms with van der Waals surface area (Å²) in [7, 11) is 0. The molecule has 1 aliphatic heterocycles. The van der Waals surface area contributed by atoms with Gasteiger partial charge in [0.15, 0.2) is 0 Å². The Morgan fingerprint density at radius 2 is 2.12 bits per heavy atom. The highest BCUT2D eigenvalue weighted by Crippen LogP contribution is 2.39. The van der Waals surface area contributed by atoms with Crippen molar-refractivity contribution in [2.75, 3.05) is 17.6 Å². The fourth-order valence-corrected chi connectivity index (χ4v) is 3.96. The summed E-state index contributed by atoms with van der Waals surface area (Å²) in [6.45, 7) is 2.72. The topological polar surface area (TPSA) is 95.7 Å². The summed E-state index contributed by atoms with van der Waals surface area (Å²) in [6, 6.07) is 7.79. The van der Waals surface area contributed by atoms with Crippen LogP contribution in [-0.4, -0.2) is 28.6 Å². The van der Waals surface area contributed by atoms with Gasteiger partial charge in [-0.25, -0.2) is 4.79 Å². The van der Waals surface area contributed by atoms with Crippen LogP contribution in [0.2, 0.25) is 0 Å². The van der Waals surface area contributed by atoms with Crippen LogP contribution >= 0.6 is 11.3 Å². The molecule has 0 aliphatic carbocycles. The highest BCUT2D eigenvalue weighted by Gasteiger charge is 2.25. The van der Waals surface area contributed by atoms with Gasteiger partial charge in [-0.1, -0.05) is 24.3 Å². The number of nitrogens with zero attached hydrogens (tertiary/aromatic N) is 1. The number of carbonyl (C=O) groups is 2. The molecule has 25 heavy (non-hydrogen) atoms. The average molecular weight is 357 g/mol. The molecule has 1 aliphatic rings. The molecule has 2 amide bonds. The monoisotopic (exact) mass is 357 g/mol. The van der Waals surface area contributed by atoms with E-state index < -0.39 is 6.09 Å². The van der Waals surface area contributed by atoms with Crippen molar-refractivity contribution in [3.8, 4) is 0 Å². The summed E-state index contributed by atoms with van der Waals surface area (Å²) < 4.78 is 0. The van der Waals surface area contributed by atoms with Crippen molar-refractivity contribution >= 4 is 40.1 Å². The largest absolute Gasteiger partial charge is 0.465 e. The third kappa shape index (κ3) is 3.66. The summed E-state index contributed by atoms with van der Waals surface area (Å²) in [6.07, 6.45) is 2.87. The number of benzene rings is 1. The van der Waals surface area contributed by atoms with Crippen LogP contribution in [0.4, 0.5) is 15.5 Å². The second kappa shape index (κ2) is 6.98.